The lowest BCUT2D eigenvalue weighted by Crippen LogP contribution is -2.09. The molecule has 0 bridgehead atoms. The van der Waals surface area contributed by atoms with Gasteiger partial charge in [-0.1, -0.05) is 11.6 Å². The average Bonchev–Trinajstić information content (AvgIpc) is 2.04. The summed E-state index contributed by atoms with van der Waals surface area (Å²) in [6.07, 6.45) is 0.696. The van der Waals surface area contributed by atoms with Crippen LogP contribution >= 0.6 is 11.6 Å². The van der Waals surface area contributed by atoms with Gasteiger partial charge in [0.1, 0.15) is 10.9 Å². The van der Waals surface area contributed by atoms with Crippen molar-refractivity contribution in [2.45, 2.75) is 6.92 Å². The Morgan fingerprint density at radius 1 is 1.69 bits per heavy atom. The Hall–Kier alpha value is -1.29. The maximum Gasteiger partial charge on any atom is 0.513 e. The van der Waals surface area contributed by atoms with Gasteiger partial charge in [-0.15, -0.1) is 0 Å². The molecule has 0 N–H and O–H groups in total. The van der Waals surface area contributed by atoms with Crippen molar-refractivity contribution in [3.63, 3.8) is 0 Å². The molecular weight excluding hydrogens is 194 g/mol. The van der Waals surface area contributed by atoms with E-state index in [9.17, 15) is 4.79 Å². The van der Waals surface area contributed by atoms with Crippen LogP contribution in [0.1, 0.15) is 6.92 Å². The zero-order chi connectivity index (χ0) is 9.68. The normalized spacial score (nSPS) is 9.38. The van der Waals surface area contributed by atoms with Gasteiger partial charge in [-0.3, -0.25) is 0 Å². The number of carbonyl (C=O) groups is 1. The van der Waals surface area contributed by atoms with Crippen LogP contribution in [0.15, 0.2) is 18.3 Å². The lowest BCUT2D eigenvalue weighted by molar-refractivity contribution is 0.104. The van der Waals surface area contributed by atoms with Crippen molar-refractivity contribution in [1.29, 1.82) is 0 Å². The summed E-state index contributed by atoms with van der Waals surface area (Å²) in [5.74, 6) is 0.318. The van der Waals surface area contributed by atoms with Crippen molar-refractivity contribution in [1.82, 2.24) is 4.98 Å². The molecule has 0 saturated carbocycles. The summed E-state index contributed by atoms with van der Waals surface area (Å²) >= 11 is 5.56. The molecule has 1 aromatic heterocycles. The molecule has 0 aliphatic heterocycles. The molecule has 4 nitrogen and oxygen atoms in total. The van der Waals surface area contributed by atoms with Gasteiger partial charge in [0.15, 0.2) is 0 Å². The number of hydrogen-bond acceptors (Lipinski definition) is 4. The summed E-state index contributed by atoms with van der Waals surface area (Å²) < 4.78 is 9.31. The summed E-state index contributed by atoms with van der Waals surface area (Å²) in [7, 11) is 0. The minimum atomic E-state index is -0.746. The second-order valence-electron chi connectivity index (χ2n) is 2.10. The highest BCUT2D eigenvalue weighted by molar-refractivity contribution is 6.29. The van der Waals surface area contributed by atoms with Crippen LogP contribution < -0.4 is 4.74 Å². The molecule has 0 atom stereocenters. The van der Waals surface area contributed by atoms with Gasteiger partial charge in [0.2, 0.25) is 0 Å². The van der Waals surface area contributed by atoms with Crippen LogP contribution in [-0.4, -0.2) is 17.7 Å². The highest BCUT2D eigenvalue weighted by Gasteiger charge is 2.04. The van der Waals surface area contributed by atoms with Gasteiger partial charge in [-0.2, -0.15) is 0 Å². The number of hydrogen-bond donors (Lipinski definition) is 0. The third-order valence-corrected chi connectivity index (χ3v) is 1.37. The average molecular weight is 202 g/mol. The van der Waals surface area contributed by atoms with Gasteiger partial charge in [-0.05, 0) is 13.0 Å². The van der Waals surface area contributed by atoms with E-state index in [0.717, 1.165) is 0 Å². The fourth-order valence-corrected chi connectivity index (χ4v) is 0.856. The van der Waals surface area contributed by atoms with Gasteiger partial charge in [0.05, 0.1) is 6.61 Å². The Bertz CT molecular complexity index is 303. The van der Waals surface area contributed by atoms with Crippen LogP contribution in [0.4, 0.5) is 4.79 Å². The fraction of sp³-hybridized carbons (Fsp3) is 0.250. The van der Waals surface area contributed by atoms with Gasteiger partial charge in [-0.25, -0.2) is 9.78 Å². The Balaban J connectivity index is 2.58. The lowest BCUT2D eigenvalue weighted by Gasteiger charge is -2.02. The van der Waals surface area contributed by atoms with E-state index in [1.165, 1.54) is 18.3 Å². The van der Waals surface area contributed by atoms with E-state index in [-0.39, 0.29) is 11.8 Å². The van der Waals surface area contributed by atoms with Crippen molar-refractivity contribution >= 4 is 17.8 Å². The first kappa shape index (κ1) is 9.80. The second-order valence-corrected chi connectivity index (χ2v) is 2.49. The number of nitrogens with zero attached hydrogens (tertiary/aromatic N) is 1. The molecule has 0 radical (unpaired) electrons. The quantitative estimate of drug-likeness (QED) is 0.544. The molecule has 70 valence electrons. The third-order valence-electron chi connectivity index (χ3n) is 1.16. The van der Waals surface area contributed by atoms with Crippen molar-refractivity contribution in [2.24, 2.45) is 0 Å². The molecule has 0 aliphatic carbocycles. The SMILES string of the molecule is CCOC(=O)Oc1ccnc(Cl)c1. The number of ether oxygens (including phenoxy) is 2. The summed E-state index contributed by atoms with van der Waals surface area (Å²) in [6.45, 7) is 1.97. The lowest BCUT2D eigenvalue weighted by atomic mass is 10.5. The predicted octanol–water partition coefficient (Wildman–Crippen LogP) is 2.27. The highest BCUT2D eigenvalue weighted by Crippen LogP contribution is 2.14. The number of carbonyl (C=O) groups excluding carboxylic acids is 1. The summed E-state index contributed by atoms with van der Waals surface area (Å²) in [5, 5.41) is 0.266. The van der Waals surface area contributed by atoms with Crippen LogP contribution in [0, 0.1) is 0 Å². The molecule has 0 fully saturated rings. The van der Waals surface area contributed by atoms with E-state index in [4.69, 9.17) is 16.3 Å². The molecule has 0 aliphatic rings. The topological polar surface area (TPSA) is 48.4 Å². The van der Waals surface area contributed by atoms with Gasteiger partial charge in [0.25, 0.3) is 0 Å². The molecule has 13 heavy (non-hydrogen) atoms. The molecule has 1 rings (SSSR count). The minimum absolute atomic E-state index is 0.266. The molecule has 0 saturated heterocycles. The van der Waals surface area contributed by atoms with E-state index in [2.05, 4.69) is 9.72 Å². The smallest absolute Gasteiger partial charge is 0.434 e. The second kappa shape index (κ2) is 4.67. The highest BCUT2D eigenvalue weighted by atomic mass is 35.5. The van der Waals surface area contributed by atoms with Crippen LogP contribution in [0.5, 0.6) is 5.75 Å². The number of pyridine rings is 1. The monoisotopic (exact) mass is 201 g/mol. The van der Waals surface area contributed by atoms with Gasteiger partial charge >= 0.3 is 6.16 Å². The van der Waals surface area contributed by atoms with Gasteiger partial charge < -0.3 is 9.47 Å². The van der Waals surface area contributed by atoms with E-state index in [0.29, 0.717) is 5.75 Å². The largest absolute Gasteiger partial charge is 0.513 e. The van der Waals surface area contributed by atoms with E-state index < -0.39 is 6.16 Å². The summed E-state index contributed by atoms with van der Waals surface area (Å²) in [4.78, 5) is 14.5. The number of aromatic nitrogens is 1. The maximum atomic E-state index is 10.8. The zero-order valence-electron chi connectivity index (χ0n) is 6.99. The van der Waals surface area contributed by atoms with Crippen LogP contribution in [0.3, 0.4) is 0 Å². The molecule has 0 amide bonds. The van der Waals surface area contributed by atoms with Crippen molar-refractivity contribution < 1.29 is 14.3 Å². The van der Waals surface area contributed by atoms with E-state index >= 15 is 0 Å². The third kappa shape index (κ3) is 3.29. The van der Waals surface area contributed by atoms with Crippen LogP contribution in [0.25, 0.3) is 0 Å². The first-order chi connectivity index (χ1) is 6.22. The van der Waals surface area contributed by atoms with E-state index in [1.54, 1.807) is 6.92 Å². The predicted molar refractivity (Wildman–Crippen MR) is 46.9 cm³/mol. The van der Waals surface area contributed by atoms with Crippen LogP contribution in [0.2, 0.25) is 5.15 Å². The zero-order valence-corrected chi connectivity index (χ0v) is 7.75. The van der Waals surface area contributed by atoms with Gasteiger partial charge in [0, 0.05) is 12.3 Å². The van der Waals surface area contributed by atoms with Crippen molar-refractivity contribution in [3.8, 4) is 5.75 Å². The minimum Gasteiger partial charge on any atom is -0.434 e. The van der Waals surface area contributed by atoms with Crippen molar-refractivity contribution in [3.05, 3.63) is 23.5 Å². The van der Waals surface area contributed by atoms with Crippen molar-refractivity contribution in [2.75, 3.05) is 6.61 Å². The number of rotatable bonds is 2. The first-order valence-corrected chi connectivity index (χ1v) is 4.06. The molecular formula is C8H8ClNO3. The molecule has 5 heteroatoms. The summed E-state index contributed by atoms with van der Waals surface area (Å²) in [5.41, 5.74) is 0. The first-order valence-electron chi connectivity index (χ1n) is 3.68. The molecule has 1 heterocycles. The fourth-order valence-electron chi connectivity index (χ4n) is 0.692. The number of halogens is 1. The van der Waals surface area contributed by atoms with E-state index in [1.807, 2.05) is 0 Å². The van der Waals surface area contributed by atoms with Crippen LogP contribution in [-0.2, 0) is 4.74 Å². The Kier molecular flexibility index (Phi) is 3.52. The standard InChI is InChI=1S/C8H8ClNO3/c1-2-12-8(11)13-6-3-4-10-7(9)5-6/h3-5H,2H2,1H3. The maximum absolute atomic E-state index is 10.8. The Labute approximate surface area is 80.4 Å². The Morgan fingerprint density at radius 2 is 2.46 bits per heavy atom. The molecule has 1 aromatic rings. The Morgan fingerprint density at radius 3 is 3.08 bits per heavy atom. The summed E-state index contributed by atoms with van der Waals surface area (Å²) in [6, 6.07) is 2.95. The molecule has 0 spiro atoms. The molecule has 0 aromatic carbocycles. The molecule has 0 unspecified atom stereocenters.